The molecule has 2 rings (SSSR count). The summed E-state index contributed by atoms with van der Waals surface area (Å²) in [5, 5.41) is 2.59. The summed E-state index contributed by atoms with van der Waals surface area (Å²) < 4.78 is 10.5. The number of carbonyl (C=O) groups is 2. The summed E-state index contributed by atoms with van der Waals surface area (Å²) in [6.07, 6.45) is 0.641. The Morgan fingerprint density at radius 1 is 1.43 bits per heavy atom. The van der Waals surface area contributed by atoms with E-state index in [4.69, 9.17) is 9.15 Å². The van der Waals surface area contributed by atoms with Crippen LogP contribution in [0.5, 0.6) is 0 Å². The molecule has 0 saturated heterocycles. The number of aromatic nitrogens is 1. The summed E-state index contributed by atoms with van der Waals surface area (Å²) in [7, 11) is 0. The second-order valence-electron chi connectivity index (χ2n) is 4.42. The molecule has 0 bridgehead atoms. The van der Waals surface area contributed by atoms with Gasteiger partial charge in [0, 0.05) is 18.2 Å². The average Bonchev–Trinajstić information content (AvgIpc) is 3.06. The Bertz CT molecular complexity index is 632. The van der Waals surface area contributed by atoms with Gasteiger partial charge in [-0.25, -0.2) is 9.78 Å². The van der Waals surface area contributed by atoms with Crippen molar-refractivity contribution in [2.75, 3.05) is 6.61 Å². The number of hydrogen-bond acceptors (Lipinski definition) is 6. The third-order valence-electron chi connectivity index (χ3n) is 2.78. The standard InChI is InChI=1S/C14H16N2O4S/c1-9-13(21-8-16-9)5-6-19-14(18)12-4-3-11(20-12)7-15-10(2)17/h3-4,8H,5-7H2,1-2H3,(H,15,17). The van der Waals surface area contributed by atoms with Gasteiger partial charge < -0.3 is 14.5 Å². The van der Waals surface area contributed by atoms with Crippen LogP contribution in [0.2, 0.25) is 0 Å². The molecule has 2 aromatic heterocycles. The van der Waals surface area contributed by atoms with Gasteiger partial charge >= 0.3 is 5.97 Å². The number of esters is 1. The third-order valence-corrected chi connectivity index (χ3v) is 3.78. The lowest BCUT2D eigenvalue weighted by Gasteiger charge is -2.02. The van der Waals surface area contributed by atoms with E-state index in [0.717, 1.165) is 10.6 Å². The summed E-state index contributed by atoms with van der Waals surface area (Å²) >= 11 is 1.54. The Hall–Kier alpha value is -2.15. The smallest absolute Gasteiger partial charge is 0.374 e. The summed E-state index contributed by atoms with van der Waals surface area (Å²) in [5.41, 5.74) is 2.74. The van der Waals surface area contributed by atoms with Gasteiger partial charge in [0.2, 0.25) is 11.7 Å². The van der Waals surface area contributed by atoms with Crippen molar-refractivity contribution in [2.45, 2.75) is 26.8 Å². The predicted molar refractivity (Wildman–Crippen MR) is 77.1 cm³/mol. The third kappa shape index (κ3) is 4.42. The number of nitrogens with one attached hydrogen (secondary N) is 1. The van der Waals surface area contributed by atoms with Crippen LogP contribution in [0.15, 0.2) is 22.1 Å². The van der Waals surface area contributed by atoms with Gasteiger partial charge in [-0.2, -0.15) is 0 Å². The van der Waals surface area contributed by atoms with Gasteiger partial charge in [-0.1, -0.05) is 0 Å². The summed E-state index contributed by atoms with van der Waals surface area (Å²) in [6.45, 7) is 3.88. The highest BCUT2D eigenvalue weighted by molar-refractivity contribution is 7.09. The van der Waals surface area contributed by atoms with E-state index in [1.165, 1.54) is 13.0 Å². The number of aryl methyl sites for hydroxylation is 1. The lowest BCUT2D eigenvalue weighted by molar-refractivity contribution is -0.119. The van der Waals surface area contributed by atoms with Gasteiger partial charge in [-0.05, 0) is 19.1 Å². The predicted octanol–water partition coefficient (Wildman–Crippen LogP) is 2.08. The van der Waals surface area contributed by atoms with Crippen molar-refractivity contribution in [1.82, 2.24) is 10.3 Å². The van der Waals surface area contributed by atoms with Crippen LogP contribution >= 0.6 is 11.3 Å². The lowest BCUT2D eigenvalue weighted by atomic mass is 10.3. The van der Waals surface area contributed by atoms with Crippen molar-refractivity contribution in [3.8, 4) is 0 Å². The van der Waals surface area contributed by atoms with E-state index in [1.54, 1.807) is 22.9 Å². The van der Waals surface area contributed by atoms with Crippen molar-refractivity contribution in [1.29, 1.82) is 0 Å². The topological polar surface area (TPSA) is 81.4 Å². The molecule has 0 spiro atoms. The number of rotatable bonds is 6. The monoisotopic (exact) mass is 308 g/mol. The molecular weight excluding hydrogens is 292 g/mol. The van der Waals surface area contributed by atoms with Crippen molar-refractivity contribution in [2.24, 2.45) is 0 Å². The zero-order valence-electron chi connectivity index (χ0n) is 11.8. The van der Waals surface area contributed by atoms with E-state index in [-0.39, 0.29) is 24.8 Å². The van der Waals surface area contributed by atoms with Gasteiger partial charge in [0.25, 0.3) is 0 Å². The Kier molecular flexibility index (Phi) is 5.10. The molecule has 21 heavy (non-hydrogen) atoms. The van der Waals surface area contributed by atoms with E-state index in [1.807, 2.05) is 6.92 Å². The Labute approximate surface area is 126 Å². The first-order valence-electron chi connectivity index (χ1n) is 6.45. The van der Waals surface area contributed by atoms with E-state index >= 15 is 0 Å². The Morgan fingerprint density at radius 2 is 2.24 bits per heavy atom. The maximum atomic E-state index is 11.8. The molecular formula is C14H16N2O4S. The normalized spacial score (nSPS) is 10.4. The number of nitrogens with zero attached hydrogens (tertiary/aromatic N) is 1. The number of carbonyl (C=O) groups excluding carboxylic acids is 2. The number of hydrogen-bond donors (Lipinski definition) is 1. The highest BCUT2D eigenvalue weighted by Gasteiger charge is 2.13. The van der Waals surface area contributed by atoms with Gasteiger partial charge in [0.05, 0.1) is 24.4 Å². The zero-order valence-corrected chi connectivity index (χ0v) is 12.7. The molecule has 0 aliphatic carbocycles. The molecule has 0 unspecified atom stereocenters. The SMILES string of the molecule is CC(=O)NCc1ccc(C(=O)OCCc2scnc2C)o1. The maximum Gasteiger partial charge on any atom is 0.374 e. The lowest BCUT2D eigenvalue weighted by Crippen LogP contribution is -2.18. The second kappa shape index (κ2) is 7.03. The summed E-state index contributed by atoms with van der Waals surface area (Å²) in [4.78, 5) is 27.8. The second-order valence-corrected chi connectivity index (χ2v) is 5.36. The maximum absolute atomic E-state index is 11.8. The van der Waals surface area contributed by atoms with Gasteiger partial charge in [0.1, 0.15) is 5.76 Å². The van der Waals surface area contributed by atoms with Gasteiger partial charge in [-0.3, -0.25) is 4.79 Å². The minimum atomic E-state index is -0.508. The summed E-state index contributed by atoms with van der Waals surface area (Å²) in [6, 6.07) is 3.18. The molecule has 7 heteroatoms. The number of ether oxygens (including phenoxy) is 1. The first-order valence-corrected chi connectivity index (χ1v) is 7.33. The summed E-state index contributed by atoms with van der Waals surface area (Å²) in [5.74, 6) is -0.0199. The van der Waals surface area contributed by atoms with Crippen LogP contribution in [0.4, 0.5) is 0 Å². The molecule has 0 atom stereocenters. The number of amides is 1. The van der Waals surface area contributed by atoms with Crippen molar-refractivity contribution in [3.05, 3.63) is 39.7 Å². The minimum absolute atomic E-state index is 0.136. The number of furan rings is 1. The molecule has 6 nitrogen and oxygen atoms in total. The van der Waals surface area contributed by atoms with Crippen LogP contribution in [0.1, 0.15) is 33.8 Å². The van der Waals surface area contributed by atoms with Gasteiger partial charge in [0.15, 0.2) is 0 Å². The van der Waals surface area contributed by atoms with Crippen LogP contribution in [-0.4, -0.2) is 23.5 Å². The van der Waals surface area contributed by atoms with Crippen molar-refractivity contribution < 1.29 is 18.7 Å². The van der Waals surface area contributed by atoms with E-state index < -0.39 is 5.97 Å². The Morgan fingerprint density at radius 3 is 2.90 bits per heavy atom. The first kappa shape index (κ1) is 15.2. The van der Waals surface area contributed by atoms with Crippen LogP contribution in [0.3, 0.4) is 0 Å². The fourth-order valence-electron chi connectivity index (χ4n) is 1.67. The molecule has 2 heterocycles. The highest BCUT2D eigenvalue weighted by atomic mass is 32.1. The quantitative estimate of drug-likeness (QED) is 0.826. The van der Waals surface area contributed by atoms with Crippen LogP contribution in [-0.2, 0) is 22.5 Å². The van der Waals surface area contributed by atoms with Crippen LogP contribution in [0.25, 0.3) is 0 Å². The van der Waals surface area contributed by atoms with E-state index in [2.05, 4.69) is 10.3 Å². The molecule has 0 fully saturated rings. The molecule has 1 amide bonds. The molecule has 0 aliphatic rings. The molecule has 1 N–H and O–H groups in total. The van der Waals surface area contributed by atoms with E-state index in [9.17, 15) is 9.59 Å². The molecule has 0 aliphatic heterocycles. The zero-order chi connectivity index (χ0) is 15.2. The largest absolute Gasteiger partial charge is 0.459 e. The molecule has 0 saturated carbocycles. The van der Waals surface area contributed by atoms with E-state index in [0.29, 0.717) is 12.2 Å². The number of thiazole rings is 1. The van der Waals surface area contributed by atoms with Gasteiger partial charge in [-0.15, -0.1) is 11.3 Å². The Balaban J connectivity index is 1.80. The van der Waals surface area contributed by atoms with Crippen LogP contribution in [0, 0.1) is 6.92 Å². The highest BCUT2D eigenvalue weighted by Crippen LogP contribution is 2.14. The van der Waals surface area contributed by atoms with Crippen molar-refractivity contribution in [3.63, 3.8) is 0 Å². The molecule has 2 aromatic rings. The fourth-order valence-corrected chi connectivity index (χ4v) is 2.43. The first-order chi connectivity index (χ1) is 10.1. The average molecular weight is 308 g/mol. The molecule has 0 aromatic carbocycles. The fraction of sp³-hybridized carbons (Fsp3) is 0.357. The van der Waals surface area contributed by atoms with Crippen LogP contribution < -0.4 is 5.32 Å². The minimum Gasteiger partial charge on any atom is -0.459 e. The molecule has 0 radical (unpaired) electrons. The van der Waals surface area contributed by atoms with Crippen molar-refractivity contribution >= 4 is 23.2 Å². The molecule has 112 valence electrons.